The molecule has 8 nitrogen and oxygen atoms in total. The van der Waals surface area contributed by atoms with Crippen LogP contribution in [0.2, 0.25) is 0 Å². The number of rotatable bonds is 9. The van der Waals surface area contributed by atoms with Gasteiger partial charge in [0.2, 0.25) is 5.91 Å². The van der Waals surface area contributed by atoms with E-state index in [1.165, 1.54) is 25.7 Å². The Kier molecular flexibility index (Phi) is 7.41. The van der Waals surface area contributed by atoms with E-state index in [0.29, 0.717) is 23.2 Å². The highest BCUT2D eigenvalue weighted by molar-refractivity contribution is 7.98. The minimum atomic E-state index is -0.0848. The Morgan fingerprint density at radius 2 is 2.12 bits per heavy atom. The zero-order chi connectivity index (χ0) is 22.5. The molecule has 3 aromatic rings. The number of H-pyrrole nitrogens is 1. The second-order valence-corrected chi connectivity index (χ2v) is 9.33. The molecule has 0 spiro atoms. The van der Waals surface area contributed by atoms with Crippen LogP contribution in [0.3, 0.4) is 0 Å². The number of nitrogens with one attached hydrogen (secondary N) is 2. The highest BCUT2D eigenvalue weighted by atomic mass is 32.2. The molecule has 1 aliphatic rings. The van der Waals surface area contributed by atoms with Crippen LogP contribution < -0.4 is 5.32 Å². The molecule has 2 heterocycles. The van der Waals surface area contributed by atoms with Crippen molar-refractivity contribution in [2.75, 3.05) is 12.8 Å². The Labute approximate surface area is 197 Å². The van der Waals surface area contributed by atoms with E-state index < -0.39 is 0 Å². The third kappa shape index (κ3) is 5.12. The maximum Gasteiger partial charge on any atom is 0.240 e. The second-order valence-electron chi connectivity index (χ2n) is 8.17. The number of aromatic nitrogens is 6. The van der Waals surface area contributed by atoms with Gasteiger partial charge in [-0.1, -0.05) is 48.4 Å². The first-order valence-electron chi connectivity index (χ1n) is 11.0. The fourth-order valence-electron chi connectivity index (χ4n) is 4.29. The zero-order valence-corrected chi connectivity index (χ0v) is 20.1. The van der Waals surface area contributed by atoms with Crippen LogP contribution in [0.4, 0.5) is 0 Å². The van der Waals surface area contributed by atoms with Crippen molar-refractivity contribution in [2.24, 2.45) is 0 Å². The average molecular weight is 472 g/mol. The van der Waals surface area contributed by atoms with E-state index in [1.54, 1.807) is 16.3 Å². The van der Waals surface area contributed by atoms with Gasteiger partial charge in [0.25, 0.3) is 0 Å². The van der Waals surface area contributed by atoms with Crippen LogP contribution in [0.5, 0.6) is 0 Å². The number of carbonyl (C=O) groups excluding carboxylic acids is 1. The summed E-state index contributed by atoms with van der Waals surface area (Å²) < 4.78 is 4.49. The van der Waals surface area contributed by atoms with Crippen molar-refractivity contribution in [3.8, 4) is 11.4 Å². The van der Waals surface area contributed by atoms with E-state index in [0.717, 1.165) is 34.9 Å². The summed E-state index contributed by atoms with van der Waals surface area (Å²) >= 11 is 7.00. The van der Waals surface area contributed by atoms with Crippen molar-refractivity contribution in [1.82, 2.24) is 34.8 Å². The molecule has 2 aromatic heterocycles. The van der Waals surface area contributed by atoms with Gasteiger partial charge in [-0.05, 0) is 50.7 Å². The molecule has 2 N–H and O–H groups in total. The van der Waals surface area contributed by atoms with Gasteiger partial charge >= 0.3 is 0 Å². The van der Waals surface area contributed by atoms with Crippen molar-refractivity contribution in [1.29, 1.82) is 0 Å². The summed E-state index contributed by atoms with van der Waals surface area (Å²) in [5.41, 5.74) is 2.06. The highest BCUT2D eigenvalue weighted by Gasteiger charge is 2.23. The number of hydrogen-bond acceptors (Lipinski definition) is 6. The van der Waals surface area contributed by atoms with Gasteiger partial charge in [-0.2, -0.15) is 5.10 Å². The molecule has 10 heteroatoms. The van der Waals surface area contributed by atoms with E-state index in [4.69, 9.17) is 12.2 Å². The SMILES string of the molecule is CSc1nnc(CCCNC(=O)Cn2c(-c3cccc(C)c3)n[nH]c2=S)n1C1CCCC1. The lowest BCUT2D eigenvalue weighted by atomic mass is 10.1. The van der Waals surface area contributed by atoms with Crippen LogP contribution in [0.25, 0.3) is 11.4 Å². The first-order valence-corrected chi connectivity index (χ1v) is 12.7. The molecule has 32 heavy (non-hydrogen) atoms. The van der Waals surface area contributed by atoms with Crippen molar-refractivity contribution in [3.63, 3.8) is 0 Å². The van der Waals surface area contributed by atoms with E-state index in [9.17, 15) is 4.79 Å². The van der Waals surface area contributed by atoms with Crippen LogP contribution >= 0.6 is 24.0 Å². The minimum Gasteiger partial charge on any atom is -0.355 e. The number of hydrogen-bond donors (Lipinski definition) is 2. The largest absolute Gasteiger partial charge is 0.355 e. The summed E-state index contributed by atoms with van der Waals surface area (Å²) in [6, 6.07) is 8.51. The zero-order valence-electron chi connectivity index (χ0n) is 18.5. The fraction of sp³-hybridized carbons (Fsp3) is 0.500. The van der Waals surface area contributed by atoms with Gasteiger partial charge < -0.3 is 9.88 Å². The van der Waals surface area contributed by atoms with E-state index in [2.05, 4.69) is 30.3 Å². The van der Waals surface area contributed by atoms with Gasteiger partial charge in [0.15, 0.2) is 15.8 Å². The number of aromatic amines is 1. The standard InChI is InChI=1S/C22H29N7OS2/c1-15-7-5-8-16(13-15)20-25-26-21(31)28(20)14-19(30)23-12-6-11-18-24-27-22(32-2)29(18)17-9-3-4-10-17/h5,7-8,13,17H,3-4,6,9-12,14H2,1-2H3,(H,23,30)(H,26,31). The summed E-state index contributed by atoms with van der Waals surface area (Å²) in [5, 5.41) is 19.9. The van der Waals surface area contributed by atoms with Gasteiger partial charge in [0.05, 0.1) is 0 Å². The number of aryl methyl sites for hydroxylation is 2. The molecule has 0 atom stereocenters. The maximum atomic E-state index is 12.6. The summed E-state index contributed by atoms with van der Waals surface area (Å²) in [7, 11) is 0. The number of thioether (sulfide) groups is 1. The van der Waals surface area contributed by atoms with Crippen LogP contribution in [-0.2, 0) is 17.8 Å². The summed E-state index contributed by atoms with van der Waals surface area (Å²) in [6.07, 6.45) is 8.59. The van der Waals surface area contributed by atoms with Crippen LogP contribution in [0.15, 0.2) is 29.4 Å². The van der Waals surface area contributed by atoms with Gasteiger partial charge in [0, 0.05) is 24.6 Å². The first-order chi connectivity index (χ1) is 15.6. The molecule has 1 amide bonds. The fourth-order valence-corrected chi connectivity index (χ4v) is 5.06. The smallest absolute Gasteiger partial charge is 0.240 e. The first kappa shape index (κ1) is 22.7. The van der Waals surface area contributed by atoms with Gasteiger partial charge in [0.1, 0.15) is 12.4 Å². The quantitative estimate of drug-likeness (QED) is 0.277. The third-order valence-corrected chi connectivity index (χ3v) is 6.80. The molecule has 0 unspecified atom stereocenters. The minimum absolute atomic E-state index is 0.0848. The van der Waals surface area contributed by atoms with Crippen LogP contribution in [0, 0.1) is 11.7 Å². The molecule has 1 saturated carbocycles. The van der Waals surface area contributed by atoms with Crippen molar-refractivity contribution >= 4 is 29.9 Å². The Hall–Kier alpha value is -2.46. The van der Waals surface area contributed by atoms with Crippen LogP contribution in [-0.4, -0.2) is 48.2 Å². The maximum absolute atomic E-state index is 12.6. The van der Waals surface area contributed by atoms with Crippen molar-refractivity contribution in [3.05, 3.63) is 40.4 Å². The van der Waals surface area contributed by atoms with E-state index in [-0.39, 0.29) is 12.5 Å². The summed E-state index contributed by atoms with van der Waals surface area (Å²) in [6.45, 7) is 2.74. The van der Waals surface area contributed by atoms with Crippen LogP contribution in [0.1, 0.15) is 49.5 Å². The average Bonchev–Trinajstić information content (AvgIpc) is 3.52. The molecular weight excluding hydrogens is 442 g/mol. The van der Waals surface area contributed by atoms with E-state index >= 15 is 0 Å². The Morgan fingerprint density at radius 3 is 2.88 bits per heavy atom. The molecule has 170 valence electrons. The number of benzene rings is 1. The molecule has 1 fully saturated rings. The second kappa shape index (κ2) is 10.4. The van der Waals surface area contributed by atoms with Crippen molar-refractivity contribution < 1.29 is 4.79 Å². The Morgan fingerprint density at radius 1 is 1.31 bits per heavy atom. The summed E-state index contributed by atoms with van der Waals surface area (Å²) in [5.74, 6) is 1.61. The van der Waals surface area contributed by atoms with Crippen molar-refractivity contribution in [2.45, 2.75) is 63.2 Å². The topological polar surface area (TPSA) is 93.4 Å². The normalized spacial score (nSPS) is 14.2. The molecule has 4 rings (SSSR count). The monoisotopic (exact) mass is 471 g/mol. The lowest BCUT2D eigenvalue weighted by Crippen LogP contribution is -2.29. The molecule has 1 aromatic carbocycles. The van der Waals surface area contributed by atoms with Gasteiger partial charge in [-0.25, -0.2) is 0 Å². The molecular formula is C22H29N7OS2. The molecule has 0 aliphatic heterocycles. The molecule has 0 bridgehead atoms. The lowest BCUT2D eigenvalue weighted by molar-refractivity contribution is -0.121. The molecule has 1 aliphatic carbocycles. The summed E-state index contributed by atoms with van der Waals surface area (Å²) in [4.78, 5) is 12.6. The number of amides is 1. The Bertz CT molecular complexity index is 1130. The molecule has 0 radical (unpaired) electrons. The Balaban J connectivity index is 1.33. The predicted octanol–water partition coefficient (Wildman–Crippen LogP) is 4.09. The van der Waals surface area contributed by atoms with Gasteiger partial charge in [-0.3, -0.25) is 14.5 Å². The number of nitrogens with zero attached hydrogens (tertiary/aromatic N) is 5. The third-order valence-electron chi connectivity index (χ3n) is 5.84. The van der Waals surface area contributed by atoms with Gasteiger partial charge in [-0.15, -0.1) is 10.2 Å². The lowest BCUT2D eigenvalue weighted by Gasteiger charge is -2.16. The highest BCUT2D eigenvalue weighted by Crippen LogP contribution is 2.33. The van der Waals surface area contributed by atoms with E-state index in [1.807, 2.05) is 37.4 Å². The predicted molar refractivity (Wildman–Crippen MR) is 128 cm³/mol. The molecule has 0 saturated heterocycles. The number of carbonyl (C=O) groups is 1.